The molecule has 0 atom stereocenters. The summed E-state index contributed by atoms with van der Waals surface area (Å²) in [5.41, 5.74) is 0. The van der Waals surface area contributed by atoms with E-state index in [-0.39, 0.29) is 0 Å². The van der Waals surface area contributed by atoms with Crippen LogP contribution < -0.4 is 0 Å². The molecular weight excluding hydrogens is 232 g/mol. The van der Waals surface area contributed by atoms with Gasteiger partial charge in [-0.1, -0.05) is 6.42 Å². The molecule has 17 heavy (non-hydrogen) atoms. The van der Waals surface area contributed by atoms with Gasteiger partial charge in [0, 0.05) is 6.42 Å². The van der Waals surface area contributed by atoms with E-state index < -0.39 is 0 Å². The van der Waals surface area contributed by atoms with Gasteiger partial charge in [-0.05, 0) is 51.4 Å². The molecule has 1 aromatic heterocycles. The maximum atomic E-state index is 5.19. The summed E-state index contributed by atoms with van der Waals surface area (Å²) in [6.45, 7) is 1.21. The van der Waals surface area contributed by atoms with E-state index in [0.717, 1.165) is 12.2 Å². The topological polar surface area (TPSA) is 29.3 Å². The van der Waals surface area contributed by atoms with Crippen molar-refractivity contribution in [2.75, 3.05) is 32.1 Å². The molecule has 0 fully saturated rings. The Hall–Kier alpha value is -0.480. The van der Waals surface area contributed by atoms with Crippen molar-refractivity contribution in [2.45, 2.75) is 32.1 Å². The minimum Gasteiger partial charge on any atom is -0.449 e. The van der Waals surface area contributed by atoms with E-state index in [0.29, 0.717) is 0 Å². The maximum absolute atomic E-state index is 5.19. The van der Waals surface area contributed by atoms with E-state index in [1.165, 1.54) is 50.1 Å². The minimum atomic E-state index is 1.02. The first kappa shape index (κ1) is 14.6. The zero-order valence-corrected chi connectivity index (χ0v) is 11.8. The van der Waals surface area contributed by atoms with Gasteiger partial charge in [-0.2, -0.15) is 11.8 Å². The summed E-state index contributed by atoms with van der Waals surface area (Å²) in [4.78, 5) is 6.16. The van der Waals surface area contributed by atoms with Crippen molar-refractivity contribution < 1.29 is 4.42 Å². The SMILES string of the molecule is CN(C)CCCSCCCCCc1cnco1. The van der Waals surface area contributed by atoms with E-state index in [9.17, 15) is 0 Å². The molecule has 1 aromatic rings. The Kier molecular flexibility index (Phi) is 8.18. The lowest BCUT2D eigenvalue weighted by Crippen LogP contribution is -2.13. The van der Waals surface area contributed by atoms with Crippen LogP contribution in [0.1, 0.15) is 31.4 Å². The summed E-state index contributed by atoms with van der Waals surface area (Å²) in [6, 6.07) is 0. The van der Waals surface area contributed by atoms with Gasteiger partial charge in [0.15, 0.2) is 6.39 Å². The molecule has 0 spiro atoms. The van der Waals surface area contributed by atoms with Crippen LogP contribution in [0.4, 0.5) is 0 Å². The van der Waals surface area contributed by atoms with Crippen molar-refractivity contribution in [3.8, 4) is 0 Å². The number of nitrogens with zero attached hydrogens (tertiary/aromatic N) is 2. The number of aromatic nitrogens is 1. The van der Waals surface area contributed by atoms with Gasteiger partial charge in [-0.25, -0.2) is 4.98 Å². The molecule has 0 bridgehead atoms. The summed E-state index contributed by atoms with van der Waals surface area (Å²) < 4.78 is 5.19. The molecule has 98 valence electrons. The highest BCUT2D eigenvalue weighted by molar-refractivity contribution is 7.99. The summed E-state index contributed by atoms with van der Waals surface area (Å²) in [5, 5.41) is 0. The second kappa shape index (κ2) is 9.54. The van der Waals surface area contributed by atoms with Gasteiger partial charge in [-0.3, -0.25) is 0 Å². The molecule has 0 radical (unpaired) electrons. The van der Waals surface area contributed by atoms with E-state index in [1.807, 2.05) is 6.20 Å². The van der Waals surface area contributed by atoms with Gasteiger partial charge in [-0.15, -0.1) is 0 Å². The van der Waals surface area contributed by atoms with Gasteiger partial charge in [0.2, 0.25) is 0 Å². The van der Waals surface area contributed by atoms with Crippen LogP contribution >= 0.6 is 11.8 Å². The van der Waals surface area contributed by atoms with E-state index in [1.54, 1.807) is 0 Å². The van der Waals surface area contributed by atoms with Gasteiger partial charge < -0.3 is 9.32 Å². The lowest BCUT2D eigenvalue weighted by atomic mass is 10.2. The standard InChI is InChI=1S/C13H24N2OS/c1-15(2)8-6-10-17-9-5-3-4-7-13-11-14-12-16-13/h11-12H,3-10H2,1-2H3. The highest BCUT2D eigenvalue weighted by atomic mass is 32.2. The number of aryl methyl sites for hydroxylation is 1. The monoisotopic (exact) mass is 256 g/mol. The maximum Gasteiger partial charge on any atom is 0.180 e. The molecule has 4 heteroatoms. The van der Waals surface area contributed by atoms with Crippen LogP contribution in [0.25, 0.3) is 0 Å². The summed E-state index contributed by atoms with van der Waals surface area (Å²) in [6.07, 6.45) is 9.49. The van der Waals surface area contributed by atoms with Crippen LogP contribution in [0.15, 0.2) is 17.0 Å². The lowest BCUT2D eigenvalue weighted by Gasteiger charge is -2.08. The Morgan fingerprint density at radius 2 is 2.00 bits per heavy atom. The number of oxazole rings is 1. The predicted molar refractivity (Wildman–Crippen MR) is 74.6 cm³/mol. The Morgan fingerprint density at radius 3 is 2.71 bits per heavy atom. The molecule has 0 amide bonds. The lowest BCUT2D eigenvalue weighted by molar-refractivity contribution is 0.410. The average Bonchev–Trinajstić information content (AvgIpc) is 2.79. The second-order valence-electron chi connectivity index (χ2n) is 4.55. The van der Waals surface area contributed by atoms with Crippen molar-refractivity contribution >= 4 is 11.8 Å². The quantitative estimate of drug-likeness (QED) is 0.602. The fourth-order valence-electron chi connectivity index (χ4n) is 1.63. The minimum absolute atomic E-state index is 1.02. The first-order valence-corrected chi connectivity index (χ1v) is 7.54. The molecule has 0 unspecified atom stereocenters. The smallest absolute Gasteiger partial charge is 0.180 e. The summed E-state index contributed by atoms with van der Waals surface area (Å²) in [5.74, 6) is 3.60. The molecule has 0 saturated heterocycles. The highest BCUT2D eigenvalue weighted by Crippen LogP contribution is 2.10. The van der Waals surface area contributed by atoms with E-state index in [4.69, 9.17) is 4.42 Å². The summed E-state index contributed by atoms with van der Waals surface area (Å²) in [7, 11) is 4.27. The number of thioether (sulfide) groups is 1. The molecule has 1 rings (SSSR count). The number of hydrogen-bond acceptors (Lipinski definition) is 4. The molecule has 3 nitrogen and oxygen atoms in total. The molecule has 0 aliphatic heterocycles. The third-order valence-corrected chi connectivity index (χ3v) is 3.74. The van der Waals surface area contributed by atoms with Gasteiger partial charge in [0.25, 0.3) is 0 Å². The molecule has 1 heterocycles. The van der Waals surface area contributed by atoms with Crippen LogP contribution in [0.5, 0.6) is 0 Å². The van der Waals surface area contributed by atoms with Crippen LogP contribution in [0.2, 0.25) is 0 Å². The van der Waals surface area contributed by atoms with Crippen molar-refractivity contribution in [1.82, 2.24) is 9.88 Å². The zero-order valence-electron chi connectivity index (χ0n) is 11.0. The number of unbranched alkanes of at least 4 members (excludes halogenated alkanes) is 2. The second-order valence-corrected chi connectivity index (χ2v) is 5.77. The summed E-state index contributed by atoms with van der Waals surface area (Å²) >= 11 is 2.08. The molecule has 0 aliphatic carbocycles. The Balaban J connectivity index is 1.79. The normalized spacial score (nSPS) is 11.2. The molecule has 0 N–H and O–H groups in total. The third kappa shape index (κ3) is 8.27. The Bertz CT molecular complexity index is 262. The molecule has 0 aromatic carbocycles. The Labute approximate surface area is 109 Å². The fourth-order valence-corrected chi connectivity index (χ4v) is 2.58. The van der Waals surface area contributed by atoms with Crippen molar-refractivity contribution in [2.24, 2.45) is 0 Å². The van der Waals surface area contributed by atoms with E-state index in [2.05, 4.69) is 35.7 Å². The van der Waals surface area contributed by atoms with Crippen molar-refractivity contribution in [3.63, 3.8) is 0 Å². The van der Waals surface area contributed by atoms with E-state index >= 15 is 0 Å². The molecule has 0 aliphatic rings. The van der Waals surface area contributed by atoms with Crippen LogP contribution in [-0.4, -0.2) is 42.0 Å². The first-order valence-electron chi connectivity index (χ1n) is 6.39. The Morgan fingerprint density at radius 1 is 1.18 bits per heavy atom. The number of hydrogen-bond donors (Lipinski definition) is 0. The largest absolute Gasteiger partial charge is 0.449 e. The van der Waals surface area contributed by atoms with Crippen molar-refractivity contribution in [1.29, 1.82) is 0 Å². The average molecular weight is 256 g/mol. The van der Waals surface area contributed by atoms with Crippen LogP contribution in [0, 0.1) is 0 Å². The number of rotatable bonds is 10. The van der Waals surface area contributed by atoms with Crippen LogP contribution in [-0.2, 0) is 6.42 Å². The fraction of sp³-hybridized carbons (Fsp3) is 0.769. The molecule has 0 saturated carbocycles. The molecular formula is C13H24N2OS. The predicted octanol–water partition coefficient (Wildman–Crippen LogP) is 3.07. The van der Waals surface area contributed by atoms with Gasteiger partial charge in [0.05, 0.1) is 6.20 Å². The van der Waals surface area contributed by atoms with Crippen LogP contribution in [0.3, 0.4) is 0 Å². The first-order chi connectivity index (χ1) is 8.29. The zero-order chi connectivity index (χ0) is 12.3. The van der Waals surface area contributed by atoms with Gasteiger partial charge >= 0.3 is 0 Å². The third-order valence-electron chi connectivity index (χ3n) is 2.59. The highest BCUT2D eigenvalue weighted by Gasteiger charge is 1.97. The van der Waals surface area contributed by atoms with Gasteiger partial charge in [0.1, 0.15) is 5.76 Å². The van der Waals surface area contributed by atoms with Crippen molar-refractivity contribution in [3.05, 3.63) is 18.4 Å².